The zero-order valence-electron chi connectivity index (χ0n) is 14.1. The molecule has 7 nitrogen and oxygen atoms in total. The number of carbonyl (C=O) groups is 1. The largest absolute Gasteiger partial charge is 0.478 e. The van der Waals surface area contributed by atoms with Gasteiger partial charge in [-0.05, 0) is 31.2 Å². The second-order valence-electron chi connectivity index (χ2n) is 5.32. The number of methoxy groups -OCH3 is 1. The zero-order valence-corrected chi connectivity index (χ0v) is 14.9. The van der Waals surface area contributed by atoms with Crippen LogP contribution in [0.2, 0.25) is 0 Å². The molecule has 0 atom stereocenters. The van der Waals surface area contributed by atoms with Crippen molar-refractivity contribution in [3.8, 4) is 5.75 Å². The van der Waals surface area contributed by atoms with Gasteiger partial charge in [-0.3, -0.25) is 4.31 Å². The maximum absolute atomic E-state index is 12.7. The molecule has 0 unspecified atom stereocenters. The third kappa shape index (κ3) is 4.09. The molecular formula is C17H19NO6S. The summed E-state index contributed by atoms with van der Waals surface area (Å²) in [4.78, 5) is 11.4. The summed E-state index contributed by atoms with van der Waals surface area (Å²) < 4.78 is 36.6. The molecule has 2 aromatic carbocycles. The molecule has 0 aliphatic rings. The van der Waals surface area contributed by atoms with Crippen molar-refractivity contribution in [3.63, 3.8) is 0 Å². The topological polar surface area (TPSA) is 93.1 Å². The summed E-state index contributed by atoms with van der Waals surface area (Å²) in [6.45, 7) is 1.71. The van der Waals surface area contributed by atoms with Crippen molar-refractivity contribution >= 4 is 21.7 Å². The number of hydrogen-bond donors (Lipinski definition) is 1. The molecule has 0 amide bonds. The van der Waals surface area contributed by atoms with Crippen LogP contribution in [0.15, 0.2) is 47.4 Å². The van der Waals surface area contributed by atoms with Gasteiger partial charge in [0.2, 0.25) is 0 Å². The molecule has 1 N–H and O–H groups in total. The number of ether oxygens (including phenoxy) is 2. The van der Waals surface area contributed by atoms with Gasteiger partial charge in [0.1, 0.15) is 11.3 Å². The molecule has 0 saturated carbocycles. The predicted octanol–water partition coefficient (Wildman–Crippen LogP) is 2.50. The lowest BCUT2D eigenvalue weighted by molar-refractivity contribution is 0.0484. The number of benzene rings is 2. The number of carboxylic acids is 1. The fourth-order valence-electron chi connectivity index (χ4n) is 2.13. The van der Waals surface area contributed by atoms with E-state index in [4.69, 9.17) is 9.47 Å². The maximum atomic E-state index is 12.7. The minimum Gasteiger partial charge on any atom is -0.478 e. The van der Waals surface area contributed by atoms with Crippen LogP contribution in [0, 0.1) is 6.92 Å². The first-order chi connectivity index (χ1) is 11.8. The van der Waals surface area contributed by atoms with Gasteiger partial charge < -0.3 is 14.6 Å². The van der Waals surface area contributed by atoms with Crippen LogP contribution < -0.4 is 9.04 Å². The van der Waals surface area contributed by atoms with E-state index in [0.29, 0.717) is 0 Å². The van der Waals surface area contributed by atoms with E-state index in [9.17, 15) is 18.3 Å². The Balaban J connectivity index is 2.42. The highest BCUT2D eigenvalue weighted by molar-refractivity contribution is 7.92. The standard InChI is InChI=1S/C17H19NO6S/c1-12-4-7-14(8-5-12)25(21,22)18(2)13-6-9-15(17(19)20)16(10-13)24-11-23-3/h4-10H,11H2,1-3H3,(H,19,20). The van der Waals surface area contributed by atoms with E-state index in [1.54, 1.807) is 12.1 Å². The second kappa shape index (κ2) is 7.54. The lowest BCUT2D eigenvalue weighted by Crippen LogP contribution is -2.26. The molecule has 0 fully saturated rings. The van der Waals surface area contributed by atoms with E-state index in [1.807, 2.05) is 6.92 Å². The number of aromatic carboxylic acids is 1. The first-order valence-electron chi connectivity index (χ1n) is 7.32. The van der Waals surface area contributed by atoms with Crippen LogP contribution in [0.5, 0.6) is 5.75 Å². The normalized spacial score (nSPS) is 11.2. The Hall–Kier alpha value is -2.58. The highest BCUT2D eigenvalue weighted by Gasteiger charge is 2.23. The van der Waals surface area contributed by atoms with E-state index in [1.165, 1.54) is 44.5 Å². The Labute approximate surface area is 146 Å². The molecule has 0 heterocycles. The van der Waals surface area contributed by atoms with Crippen LogP contribution in [-0.2, 0) is 14.8 Å². The summed E-state index contributed by atoms with van der Waals surface area (Å²) in [6, 6.07) is 10.5. The molecule has 134 valence electrons. The van der Waals surface area contributed by atoms with Gasteiger partial charge in [0.05, 0.1) is 10.6 Å². The molecule has 0 bridgehead atoms. The summed E-state index contributed by atoms with van der Waals surface area (Å²) >= 11 is 0. The van der Waals surface area contributed by atoms with Crippen molar-refractivity contribution in [2.75, 3.05) is 25.3 Å². The van der Waals surface area contributed by atoms with Crippen LogP contribution >= 0.6 is 0 Å². The first kappa shape index (κ1) is 18.8. The monoisotopic (exact) mass is 365 g/mol. The van der Waals surface area contributed by atoms with Crippen molar-refractivity contribution in [1.82, 2.24) is 0 Å². The quantitative estimate of drug-likeness (QED) is 0.758. The van der Waals surface area contributed by atoms with Crippen molar-refractivity contribution in [1.29, 1.82) is 0 Å². The van der Waals surface area contributed by atoms with E-state index >= 15 is 0 Å². The minimum atomic E-state index is -3.78. The number of nitrogens with zero attached hydrogens (tertiary/aromatic N) is 1. The number of rotatable bonds is 7. The molecule has 2 aromatic rings. The average Bonchev–Trinajstić information content (AvgIpc) is 2.59. The molecule has 25 heavy (non-hydrogen) atoms. The summed E-state index contributed by atoms with van der Waals surface area (Å²) in [5.41, 5.74) is 1.14. The minimum absolute atomic E-state index is 0.0257. The smallest absolute Gasteiger partial charge is 0.339 e. The average molecular weight is 365 g/mol. The van der Waals surface area contributed by atoms with Gasteiger partial charge >= 0.3 is 5.97 Å². The Bertz CT molecular complexity index is 861. The van der Waals surface area contributed by atoms with Crippen molar-refractivity contribution < 1.29 is 27.8 Å². The molecule has 0 aromatic heterocycles. The highest BCUT2D eigenvalue weighted by Crippen LogP contribution is 2.29. The van der Waals surface area contributed by atoms with Gasteiger partial charge in [-0.15, -0.1) is 0 Å². The summed E-state index contributed by atoms with van der Waals surface area (Å²) in [5, 5.41) is 9.21. The number of hydrogen-bond acceptors (Lipinski definition) is 5. The Kier molecular flexibility index (Phi) is 5.66. The van der Waals surface area contributed by atoms with Crippen molar-refractivity contribution in [2.24, 2.45) is 0 Å². The van der Waals surface area contributed by atoms with Gasteiger partial charge in [-0.2, -0.15) is 0 Å². The van der Waals surface area contributed by atoms with Gasteiger partial charge in [-0.1, -0.05) is 17.7 Å². The maximum Gasteiger partial charge on any atom is 0.339 e. The van der Waals surface area contributed by atoms with Gasteiger partial charge in [0, 0.05) is 20.2 Å². The summed E-state index contributed by atoms with van der Waals surface area (Å²) in [7, 11) is -0.985. The molecular weight excluding hydrogens is 346 g/mol. The molecule has 0 saturated heterocycles. The summed E-state index contributed by atoms with van der Waals surface area (Å²) in [5.74, 6) is -1.15. The molecule has 0 aliphatic heterocycles. The highest BCUT2D eigenvalue weighted by atomic mass is 32.2. The SMILES string of the molecule is COCOc1cc(N(C)S(=O)(=O)c2ccc(C)cc2)ccc1C(=O)O. The molecule has 0 radical (unpaired) electrons. The van der Waals surface area contributed by atoms with Gasteiger partial charge in [-0.25, -0.2) is 13.2 Å². The molecule has 2 rings (SSSR count). The van der Waals surface area contributed by atoms with Crippen molar-refractivity contribution in [2.45, 2.75) is 11.8 Å². The number of carboxylic acid groups (broad SMARTS) is 1. The fraction of sp³-hybridized carbons (Fsp3) is 0.235. The van der Waals surface area contributed by atoms with Crippen LogP contribution in [0.4, 0.5) is 5.69 Å². The zero-order chi connectivity index (χ0) is 18.6. The van der Waals surface area contributed by atoms with Crippen LogP contribution in [0.1, 0.15) is 15.9 Å². The van der Waals surface area contributed by atoms with Gasteiger partial charge in [0.25, 0.3) is 10.0 Å². The number of sulfonamides is 1. The third-order valence-corrected chi connectivity index (χ3v) is 5.37. The Morgan fingerprint density at radius 2 is 1.80 bits per heavy atom. The Morgan fingerprint density at radius 1 is 1.16 bits per heavy atom. The summed E-state index contributed by atoms with van der Waals surface area (Å²) in [6.07, 6.45) is 0. The van der Waals surface area contributed by atoms with E-state index in [2.05, 4.69) is 0 Å². The Morgan fingerprint density at radius 3 is 2.36 bits per heavy atom. The first-order valence-corrected chi connectivity index (χ1v) is 8.76. The number of aryl methyl sites for hydroxylation is 1. The lowest BCUT2D eigenvalue weighted by Gasteiger charge is -2.21. The van der Waals surface area contributed by atoms with E-state index < -0.39 is 16.0 Å². The van der Waals surface area contributed by atoms with Gasteiger partial charge in [0.15, 0.2) is 6.79 Å². The predicted molar refractivity (Wildman–Crippen MR) is 92.7 cm³/mol. The van der Waals surface area contributed by atoms with Crippen molar-refractivity contribution in [3.05, 3.63) is 53.6 Å². The van der Waals surface area contributed by atoms with Crippen LogP contribution in [-0.4, -0.2) is 40.4 Å². The van der Waals surface area contributed by atoms with Crippen LogP contribution in [0.3, 0.4) is 0 Å². The second-order valence-corrected chi connectivity index (χ2v) is 7.29. The lowest BCUT2D eigenvalue weighted by atomic mass is 10.2. The molecule has 0 aliphatic carbocycles. The van der Waals surface area contributed by atoms with E-state index in [0.717, 1.165) is 9.87 Å². The van der Waals surface area contributed by atoms with Crippen LogP contribution in [0.25, 0.3) is 0 Å². The fourth-order valence-corrected chi connectivity index (χ4v) is 3.32. The third-order valence-electron chi connectivity index (χ3n) is 3.57. The molecule has 8 heteroatoms. The molecule has 0 spiro atoms. The van der Waals surface area contributed by atoms with E-state index in [-0.39, 0.29) is 28.7 Å². The number of anilines is 1.